The average molecular weight is 308 g/mol. The molecule has 0 aliphatic carbocycles. The summed E-state index contributed by atoms with van der Waals surface area (Å²) in [5.74, 6) is 1.78. The van der Waals surface area contributed by atoms with Gasteiger partial charge in [-0.15, -0.1) is 0 Å². The lowest BCUT2D eigenvalue weighted by molar-refractivity contribution is -0.139. The summed E-state index contributed by atoms with van der Waals surface area (Å²) >= 11 is 3.39. The van der Waals surface area contributed by atoms with Crippen LogP contribution in [-0.2, 0) is 4.79 Å². The Morgan fingerprint density at radius 3 is 2.42 bits per heavy atom. The van der Waals surface area contributed by atoms with Crippen molar-refractivity contribution in [2.75, 3.05) is 23.5 Å². The third kappa shape index (κ3) is 9.95. The van der Waals surface area contributed by atoms with Gasteiger partial charge in [0.2, 0.25) is 0 Å². The Hall–Kier alpha value is -0.560. The summed E-state index contributed by atoms with van der Waals surface area (Å²) in [6.45, 7) is 4.02. The molecular weight excluding hydrogens is 284 g/mol. The quantitative estimate of drug-likeness (QED) is 0.538. The van der Waals surface area contributed by atoms with Crippen molar-refractivity contribution in [3.63, 3.8) is 0 Å². The second-order valence-corrected chi connectivity index (χ2v) is 6.56. The third-order valence-corrected chi connectivity index (χ3v) is 4.07. The lowest BCUT2D eigenvalue weighted by Crippen LogP contribution is -2.48. The fraction of sp³-hybridized carbons (Fsp3) is 0.833. The number of carboxylic acid groups (broad SMARTS) is 1. The smallest absolute Gasteiger partial charge is 0.326 e. The van der Waals surface area contributed by atoms with Gasteiger partial charge in [0.05, 0.1) is 0 Å². The van der Waals surface area contributed by atoms with E-state index in [0.717, 1.165) is 17.9 Å². The Morgan fingerprint density at radius 2 is 1.89 bits per heavy atom. The van der Waals surface area contributed by atoms with Gasteiger partial charge in [0.25, 0.3) is 0 Å². The number of amides is 2. The fourth-order valence-corrected chi connectivity index (χ4v) is 2.67. The van der Waals surface area contributed by atoms with Gasteiger partial charge in [-0.05, 0) is 43.3 Å². The molecule has 0 saturated heterocycles. The summed E-state index contributed by atoms with van der Waals surface area (Å²) in [5, 5.41) is 14.3. The van der Waals surface area contributed by atoms with Crippen LogP contribution in [0.25, 0.3) is 0 Å². The second-order valence-electron chi connectivity index (χ2n) is 4.18. The van der Waals surface area contributed by atoms with Crippen LogP contribution < -0.4 is 10.6 Å². The number of rotatable bonds is 10. The van der Waals surface area contributed by atoms with E-state index in [-0.39, 0.29) is 6.04 Å². The fourth-order valence-electron chi connectivity index (χ4n) is 1.39. The number of carbonyl (C=O) groups excluding carboxylic acids is 1. The van der Waals surface area contributed by atoms with Crippen LogP contribution in [0, 0.1) is 0 Å². The van der Waals surface area contributed by atoms with Gasteiger partial charge in [-0.2, -0.15) is 23.5 Å². The Labute approximate surface area is 123 Å². The van der Waals surface area contributed by atoms with Gasteiger partial charge in [-0.1, -0.05) is 6.92 Å². The van der Waals surface area contributed by atoms with Crippen molar-refractivity contribution in [2.45, 2.75) is 38.8 Å². The van der Waals surface area contributed by atoms with Crippen LogP contribution in [0.15, 0.2) is 0 Å². The Balaban J connectivity index is 4.00. The monoisotopic (exact) mass is 308 g/mol. The van der Waals surface area contributed by atoms with Crippen LogP contribution in [0.3, 0.4) is 0 Å². The summed E-state index contributed by atoms with van der Waals surface area (Å²) in [4.78, 5) is 22.6. The molecule has 0 radical (unpaired) electrons. The molecule has 0 fully saturated rings. The molecule has 0 aromatic carbocycles. The van der Waals surface area contributed by atoms with Gasteiger partial charge in [0, 0.05) is 6.04 Å². The van der Waals surface area contributed by atoms with E-state index in [1.165, 1.54) is 0 Å². The molecule has 3 N–H and O–H groups in total. The standard InChI is InChI=1S/C12H24N2O3S2/c1-4-19-8-5-9(2)13-12(17)14-10(11(15)16)6-7-18-3/h9-10H,4-8H2,1-3H3,(H,15,16)(H2,13,14,17). The molecule has 7 heteroatoms. The van der Waals surface area contributed by atoms with Crippen LogP contribution in [-0.4, -0.2) is 52.7 Å². The molecule has 0 spiro atoms. The number of hydrogen-bond donors (Lipinski definition) is 3. The minimum Gasteiger partial charge on any atom is -0.480 e. The van der Waals surface area contributed by atoms with Gasteiger partial charge < -0.3 is 15.7 Å². The highest BCUT2D eigenvalue weighted by atomic mass is 32.2. The first-order valence-corrected chi connectivity index (χ1v) is 8.92. The number of hydrogen-bond acceptors (Lipinski definition) is 4. The van der Waals surface area contributed by atoms with Gasteiger partial charge in [0.1, 0.15) is 6.04 Å². The highest BCUT2D eigenvalue weighted by Gasteiger charge is 2.19. The van der Waals surface area contributed by atoms with Crippen molar-refractivity contribution in [1.29, 1.82) is 0 Å². The van der Waals surface area contributed by atoms with Gasteiger partial charge in [0.15, 0.2) is 0 Å². The molecule has 0 heterocycles. The average Bonchev–Trinajstić information content (AvgIpc) is 2.34. The highest BCUT2D eigenvalue weighted by molar-refractivity contribution is 7.99. The van der Waals surface area contributed by atoms with E-state index in [1.807, 2.05) is 24.9 Å². The molecule has 0 aliphatic rings. The predicted molar refractivity (Wildman–Crippen MR) is 83.2 cm³/mol. The number of carbonyl (C=O) groups is 2. The van der Waals surface area contributed by atoms with E-state index in [1.54, 1.807) is 11.8 Å². The van der Waals surface area contributed by atoms with E-state index >= 15 is 0 Å². The lowest BCUT2D eigenvalue weighted by Gasteiger charge is -2.18. The SMILES string of the molecule is CCSCCC(C)NC(=O)NC(CCSC)C(=O)O. The molecule has 0 rings (SSSR count). The zero-order valence-corrected chi connectivity index (χ0v) is 13.4. The Bertz CT molecular complexity index is 278. The van der Waals surface area contributed by atoms with E-state index in [4.69, 9.17) is 5.11 Å². The third-order valence-electron chi connectivity index (χ3n) is 2.49. The van der Waals surface area contributed by atoms with Crippen LogP contribution in [0.4, 0.5) is 4.79 Å². The predicted octanol–water partition coefficient (Wildman–Crippen LogP) is 2.02. The van der Waals surface area contributed by atoms with Crippen LogP contribution in [0.2, 0.25) is 0 Å². The number of thioether (sulfide) groups is 2. The molecule has 0 aromatic rings. The molecular formula is C12H24N2O3S2. The van der Waals surface area contributed by atoms with Crippen molar-refractivity contribution in [3.05, 3.63) is 0 Å². The van der Waals surface area contributed by atoms with E-state index < -0.39 is 18.0 Å². The first-order valence-electron chi connectivity index (χ1n) is 6.37. The highest BCUT2D eigenvalue weighted by Crippen LogP contribution is 2.04. The van der Waals surface area contributed by atoms with E-state index in [9.17, 15) is 9.59 Å². The molecule has 2 amide bonds. The molecule has 5 nitrogen and oxygen atoms in total. The Morgan fingerprint density at radius 1 is 1.21 bits per heavy atom. The molecule has 112 valence electrons. The summed E-state index contributed by atoms with van der Waals surface area (Å²) in [5.41, 5.74) is 0. The Kier molecular flexibility index (Phi) is 10.9. The maximum atomic E-state index is 11.7. The maximum absolute atomic E-state index is 11.7. The summed E-state index contributed by atoms with van der Waals surface area (Å²) in [6, 6.07) is -1.17. The summed E-state index contributed by atoms with van der Waals surface area (Å²) in [7, 11) is 0. The zero-order valence-electron chi connectivity index (χ0n) is 11.8. The molecule has 2 unspecified atom stereocenters. The second kappa shape index (κ2) is 11.3. The summed E-state index contributed by atoms with van der Waals surface area (Å²) < 4.78 is 0. The first-order chi connectivity index (χ1) is 9.01. The van der Waals surface area contributed by atoms with Crippen LogP contribution in [0.1, 0.15) is 26.7 Å². The van der Waals surface area contributed by atoms with Gasteiger partial charge in [-0.25, -0.2) is 9.59 Å². The van der Waals surface area contributed by atoms with Crippen molar-refractivity contribution < 1.29 is 14.7 Å². The van der Waals surface area contributed by atoms with Crippen molar-refractivity contribution in [3.8, 4) is 0 Å². The number of urea groups is 1. The summed E-state index contributed by atoms with van der Waals surface area (Å²) in [6.07, 6.45) is 3.23. The molecule has 0 aromatic heterocycles. The molecule has 0 saturated carbocycles. The van der Waals surface area contributed by atoms with Crippen molar-refractivity contribution in [1.82, 2.24) is 10.6 Å². The first kappa shape index (κ1) is 18.4. The molecule has 0 aliphatic heterocycles. The zero-order chi connectivity index (χ0) is 14.7. The topological polar surface area (TPSA) is 78.4 Å². The van der Waals surface area contributed by atoms with Crippen molar-refractivity contribution in [2.24, 2.45) is 0 Å². The number of carboxylic acids is 1. The van der Waals surface area contributed by atoms with Gasteiger partial charge in [-0.3, -0.25) is 0 Å². The van der Waals surface area contributed by atoms with E-state index in [0.29, 0.717) is 12.2 Å². The minimum absolute atomic E-state index is 0.0500. The maximum Gasteiger partial charge on any atom is 0.326 e. The molecule has 19 heavy (non-hydrogen) atoms. The number of aliphatic carboxylic acids is 1. The van der Waals surface area contributed by atoms with Crippen molar-refractivity contribution >= 4 is 35.5 Å². The molecule has 0 bridgehead atoms. The normalized spacial score (nSPS) is 13.6. The van der Waals surface area contributed by atoms with Gasteiger partial charge >= 0.3 is 12.0 Å². The van der Waals surface area contributed by atoms with E-state index in [2.05, 4.69) is 17.6 Å². The minimum atomic E-state index is -0.988. The largest absolute Gasteiger partial charge is 0.480 e. The van der Waals surface area contributed by atoms with Crippen LogP contribution in [0.5, 0.6) is 0 Å². The number of nitrogens with one attached hydrogen (secondary N) is 2. The lowest BCUT2D eigenvalue weighted by atomic mass is 10.2. The van der Waals surface area contributed by atoms with Crippen LogP contribution >= 0.6 is 23.5 Å². The molecule has 2 atom stereocenters.